The normalized spacial score (nSPS) is 33.2. The summed E-state index contributed by atoms with van der Waals surface area (Å²) in [6, 6.07) is 1.32. The molecule has 0 aromatic heterocycles. The molecule has 1 N–H and O–H groups in total. The number of aliphatic hydroxyl groups is 1. The number of nitrogens with zero attached hydrogens (tertiary/aromatic N) is 1. The Balaban J connectivity index is 1.82. The van der Waals surface area contributed by atoms with Gasteiger partial charge in [0.2, 0.25) is 0 Å². The van der Waals surface area contributed by atoms with Crippen LogP contribution in [0.15, 0.2) is 0 Å². The molecule has 0 amide bonds. The van der Waals surface area contributed by atoms with Crippen LogP contribution in [0.3, 0.4) is 0 Å². The minimum atomic E-state index is 0.372. The summed E-state index contributed by atoms with van der Waals surface area (Å²) in [6.07, 6.45) is 8.19. The molecular formula is C10H19NO. The first-order chi connectivity index (χ1) is 5.92. The molecule has 0 aromatic rings. The van der Waals surface area contributed by atoms with E-state index in [-0.39, 0.29) is 0 Å². The highest BCUT2D eigenvalue weighted by molar-refractivity contribution is 4.88. The highest BCUT2D eigenvalue weighted by atomic mass is 16.3. The Morgan fingerprint density at radius 3 is 2.33 bits per heavy atom. The Morgan fingerprint density at radius 2 is 1.83 bits per heavy atom. The molecule has 0 spiro atoms. The third kappa shape index (κ3) is 1.50. The van der Waals surface area contributed by atoms with E-state index < -0.39 is 0 Å². The first kappa shape index (κ1) is 8.52. The first-order valence-corrected chi connectivity index (χ1v) is 5.28. The van der Waals surface area contributed by atoms with Crippen LogP contribution < -0.4 is 0 Å². The molecule has 2 rings (SSSR count). The van der Waals surface area contributed by atoms with Gasteiger partial charge in [-0.1, -0.05) is 19.3 Å². The summed E-state index contributed by atoms with van der Waals surface area (Å²) in [4.78, 5) is 2.51. The Labute approximate surface area is 74.6 Å². The second kappa shape index (κ2) is 3.75. The maximum Gasteiger partial charge on any atom is 0.0587 e. The molecule has 0 radical (unpaired) electrons. The summed E-state index contributed by atoms with van der Waals surface area (Å²) in [6.45, 7) is 1.60. The van der Waals surface area contributed by atoms with Crippen LogP contribution in [0.5, 0.6) is 0 Å². The number of likely N-dealkylation sites (tertiary alicyclic amines) is 1. The summed E-state index contributed by atoms with van der Waals surface area (Å²) >= 11 is 0. The number of rotatable bonds is 2. The van der Waals surface area contributed by atoms with Crippen LogP contribution in [-0.4, -0.2) is 35.2 Å². The number of hydrogen-bond donors (Lipinski definition) is 1. The highest BCUT2D eigenvalue weighted by Gasteiger charge is 2.33. The van der Waals surface area contributed by atoms with Gasteiger partial charge in [0.15, 0.2) is 0 Å². The zero-order valence-electron chi connectivity index (χ0n) is 7.71. The second-order valence-electron chi connectivity index (χ2n) is 4.15. The average molecular weight is 169 g/mol. The molecule has 1 saturated carbocycles. The molecule has 0 aromatic carbocycles. The fourth-order valence-electron chi connectivity index (χ4n) is 2.55. The molecule has 2 nitrogen and oxygen atoms in total. The van der Waals surface area contributed by atoms with Gasteiger partial charge in [-0.05, 0) is 19.3 Å². The molecule has 0 unspecified atom stereocenters. The molecule has 2 heteroatoms. The highest BCUT2D eigenvalue weighted by Crippen LogP contribution is 2.29. The Bertz CT molecular complexity index is 141. The molecular weight excluding hydrogens is 150 g/mol. The fourth-order valence-corrected chi connectivity index (χ4v) is 2.55. The average Bonchev–Trinajstić information content (AvgIpc) is 2.05. The lowest BCUT2D eigenvalue weighted by Crippen LogP contribution is -2.55. The van der Waals surface area contributed by atoms with Crippen LogP contribution >= 0.6 is 0 Å². The van der Waals surface area contributed by atoms with E-state index in [1.54, 1.807) is 0 Å². The van der Waals surface area contributed by atoms with Gasteiger partial charge in [-0.15, -0.1) is 0 Å². The molecule has 1 aliphatic heterocycles. The van der Waals surface area contributed by atoms with E-state index in [1.165, 1.54) is 45.1 Å². The van der Waals surface area contributed by atoms with Gasteiger partial charge in [0.05, 0.1) is 6.61 Å². The molecule has 70 valence electrons. The van der Waals surface area contributed by atoms with Crippen LogP contribution in [0.4, 0.5) is 0 Å². The fraction of sp³-hybridized carbons (Fsp3) is 1.00. The summed E-state index contributed by atoms with van der Waals surface area (Å²) in [5.41, 5.74) is 0. The zero-order valence-corrected chi connectivity index (χ0v) is 7.71. The van der Waals surface area contributed by atoms with E-state index in [1.807, 2.05) is 0 Å². The summed E-state index contributed by atoms with van der Waals surface area (Å²) in [5.74, 6) is 0. The molecule has 0 bridgehead atoms. The van der Waals surface area contributed by atoms with Crippen molar-refractivity contribution in [1.29, 1.82) is 0 Å². The summed E-state index contributed by atoms with van der Waals surface area (Å²) in [5, 5.41) is 9.05. The summed E-state index contributed by atoms with van der Waals surface area (Å²) < 4.78 is 0. The maximum atomic E-state index is 9.05. The van der Waals surface area contributed by atoms with Gasteiger partial charge in [0, 0.05) is 18.6 Å². The monoisotopic (exact) mass is 169 g/mol. The summed E-state index contributed by atoms with van der Waals surface area (Å²) in [7, 11) is 0. The van der Waals surface area contributed by atoms with Crippen LogP contribution in [0.2, 0.25) is 0 Å². The van der Waals surface area contributed by atoms with Crippen molar-refractivity contribution < 1.29 is 5.11 Å². The van der Waals surface area contributed by atoms with Crippen molar-refractivity contribution in [1.82, 2.24) is 4.90 Å². The van der Waals surface area contributed by atoms with Crippen molar-refractivity contribution in [3.05, 3.63) is 0 Å². The van der Waals surface area contributed by atoms with Gasteiger partial charge in [0.25, 0.3) is 0 Å². The van der Waals surface area contributed by atoms with Crippen molar-refractivity contribution in [2.45, 2.75) is 50.6 Å². The van der Waals surface area contributed by atoms with Gasteiger partial charge in [0.1, 0.15) is 0 Å². The van der Waals surface area contributed by atoms with Crippen molar-refractivity contribution in [2.24, 2.45) is 0 Å². The number of hydrogen-bond acceptors (Lipinski definition) is 2. The third-order valence-corrected chi connectivity index (χ3v) is 3.44. The standard InChI is InChI=1S/C10H19NO/c12-8-10-6-7-11(10)9-4-2-1-3-5-9/h9-10,12H,1-8H2/t10-/m0/s1. The van der Waals surface area contributed by atoms with Gasteiger partial charge < -0.3 is 5.11 Å². The molecule has 1 aliphatic carbocycles. The molecule has 2 aliphatic rings. The lowest BCUT2D eigenvalue weighted by atomic mass is 9.89. The molecule has 1 heterocycles. The topological polar surface area (TPSA) is 23.5 Å². The molecule has 1 atom stereocenters. The van der Waals surface area contributed by atoms with Crippen molar-refractivity contribution in [3.8, 4) is 0 Å². The van der Waals surface area contributed by atoms with Gasteiger partial charge >= 0.3 is 0 Å². The van der Waals surface area contributed by atoms with Gasteiger partial charge in [-0.3, -0.25) is 4.90 Å². The van der Waals surface area contributed by atoms with Crippen molar-refractivity contribution in [2.75, 3.05) is 13.2 Å². The predicted octanol–water partition coefficient (Wildman–Crippen LogP) is 1.39. The Kier molecular flexibility index (Phi) is 2.66. The third-order valence-electron chi connectivity index (χ3n) is 3.44. The number of aliphatic hydroxyl groups excluding tert-OH is 1. The van der Waals surface area contributed by atoms with E-state index >= 15 is 0 Å². The molecule has 12 heavy (non-hydrogen) atoms. The minimum Gasteiger partial charge on any atom is -0.395 e. The lowest BCUT2D eigenvalue weighted by molar-refractivity contribution is -0.00695. The predicted molar refractivity (Wildman–Crippen MR) is 49.1 cm³/mol. The maximum absolute atomic E-state index is 9.05. The van der Waals surface area contributed by atoms with Gasteiger partial charge in [-0.2, -0.15) is 0 Å². The van der Waals surface area contributed by atoms with Crippen LogP contribution in [0.25, 0.3) is 0 Å². The zero-order chi connectivity index (χ0) is 8.39. The SMILES string of the molecule is OC[C@@H]1CCN1C1CCCCC1. The van der Waals surface area contributed by atoms with Crippen molar-refractivity contribution >= 4 is 0 Å². The van der Waals surface area contributed by atoms with Crippen LogP contribution in [0, 0.1) is 0 Å². The largest absolute Gasteiger partial charge is 0.395 e. The van der Waals surface area contributed by atoms with Crippen molar-refractivity contribution in [3.63, 3.8) is 0 Å². The van der Waals surface area contributed by atoms with E-state index in [9.17, 15) is 0 Å². The second-order valence-corrected chi connectivity index (χ2v) is 4.15. The molecule has 2 fully saturated rings. The Morgan fingerprint density at radius 1 is 1.08 bits per heavy atom. The smallest absolute Gasteiger partial charge is 0.0587 e. The quantitative estimate of drug-likeness (QED) is 0.675. The van der Waals surface area contributed by atoms with Crippen LogP contribution in [-0.2, 0) is 0 Å². The minimum absolute atomic E-state index is 0.372. The molecule has 1 saturated heterocycles. The Hall–Kier alpha value is -0.0800. The van der Waals surface area contributed by atoms with E-state index in [2.05, 4.69) is 4.90 Å². The van der Waals surface area contributed by atoms with E-state index in [0.29, 0.717) is 12.6 Å². The first-order valence-electron chi connectivity index (χ1n) is 5.28. The van der Waals surface area contributed by atoms with Gasteiger partial charge in [-0.25, -0.2) is 0 Å². The lowest BCUT2D eigenvalue weighted by Gasteiger charge is -2.46. The van der Waals surface area contributed by atoms with E-state index in [0.717, 1.165) is 6.04 Å². The van der Waals surface area contributed by atoms with E-state index in [4.69, 9.17) is 5.11 Å². The van der Waals surface area contributed by atoms with Crippen LogP contribution in [0.1, 0.15) is 38.5 Å².